The average Bonchev–Trinajstić information content (AvgIpc) is 3.42. The van der Waals surface area contributed by atoms with E-state index in [4.69, 9.17) is 4.74 Å². The number of rotatable bonds is 7. The molecule has 10 heteroatoms. The van der Waals surface area contributed by atoms with Crippen molar-refractivity contribution < 1.29 is 17.9 Å². The molecule has 0 radical (unpaired) electrons. The van der Waals surface area contributed by atoms with Crippen LogP contribution >= 0.6 is 0 Å². The summed E-state index contributed by atoms with van der Waals surface area (Å²) in [6, 6.07) is 8.07. The maximum atomic E-state index is 12.4. The summed E-state index contributed by atoms with van der Waals surface area (Å²) < 4.78 is 34.6. The first-order valence-corrected chi connectivity index (χ1v) is 11.1. The van der Waals surface area contributed by atoms with Crippen LogP contribution in [-0.2, 0) is 21.9 Å². The predicted octanol–water partition coefficient (Wildman–Crippen LogP) is 2.04. The quantitative estimate of drug-likeness (QED) is 0.594. The van der Waals surface area contributed by atoms with E-state index in [0.717, 1.165) is 29.5 Å². The molecule has 0 unspecified atom stereocenters. The largest absolute Gasteiger partial charge is 0.466 e. The van der Waals surface area contributed by atoms with Gasteiger partial charge < -0.3 is 10.1 Å². The Morgan fingerprint density at radius 3 is 2.77 bits per heavy atom. The maximum Gasteiger partial charge on any atom is 0.262 e. The molecular weight excluding hydrogens is 406 g/mol. The molecule has 0 aliphatic heterocycles. The minimum Gasteiger partial charge on any atom is -0.466 e. The van der Waals surface area contributed by atoms with Gasteiger partial charge in [-0.15, -0.1) is 5.10 Å². The lowest BCUT2D eigenvalue weighted by molar-refractivity contribution is -0.118. The fourth-order valence-electron chi connectivity index (χ4n) is 3.21. The lowest BCUT2D eigenvalue weighted by Crippen LogP contribution is -2.26. The Bertz CT molecular complexity index is 1230. The highest BCUT2D eigenvalue weighted by atomic mass is 32.2. The fourth-order valence-corrected chi connectivity index (χ4v) is 4.56. The average molecular weight is 430 g/mol. The molecule has 30 heavy (non-hydrogen) atoms. The van der Waals surface area contributed by atoms with Crippen LogP contribution in [0.5, 0.6) is 5.88 Å². The van der Waals surface area contributed by atoms with Gasteiger partial charge in [0.25, 0.3) is 5.91 Å². The molecule has 0 spiro atoms. The number of carbonyl (C=O) groups is 1. The molecule has 158 valence electrons. The van der Waals surface area contributed by atoms with E-state index >= 15 is 0 Å². The number of amides is 1. The Labute approximate surface area is 174 Å². The van der Waals surface area contributed by atoms with E-state index < -0.39 is 15.9 Å². The van der Waals surface area contributed by atoms with Crippen molar-refractivity contribution in [3.05, 3.63) is 41.6 Å². The number of hydrogen-bond donors (Lipinski definition) is 2. The number of benzene rings is 1. The Hall–Kier alpha value is -2.98. The summed E-state index contributed by atoms with van der Waals surface area (Å²) in [6.45, 7) is 3.58. The molecule has 0 atom stereocenters. The zero-order chi connectivity index (χ0) is 21.5. The van der Waals surface area contributed by atoms with E-state index in [-0.39, 0.29) is 17.5 Å². The van der Waals surface area contributed by atoms with Gasteiger partial charge in [0.05, 0.1) is 10.3 Å². The zero-order valence-corrected chi connectivity index (χ0v) is 17.8. The molecule has 0 saturated heterocycles. The predicted molar refractivity (Wildman–Crippen MR) is 112 cm³/mol. The second-order valence-corrected chi connectivity index (χ2v) is 9.18. The molecule has 9 nitrogen and oxygen atoms in total. The normalized spacial score (nSPS) is 14.1. The highest BCUT2D eigenvalue weighted by molar-refractivity contribution is 7.89. The second kappa shape index (κ2) is 7.69. The number of pyridine rings is 1. The number of carbonyl (C=O) groups excluding carboxylic acids is 1. The van der Waals surface area contributed by atoms with Crippen LogP contribution in [-0.4, -0.2) is 41.7 Å². The van der Waals surface area contributed by atoms with E-state index in [0.29, 0.717) is 17.2 Å². The van der Waals surface area contributed by atoms with Crippen LogP contribution in [0.3, 0.4) is 0 Å². The lowest BCUT2D eigenvalue weighted by Gasteiger charge is -2.09. The van der Waals surface area contributed by atoms with E-state index in [2.05, 4.69) is 20.1 Å². The van der Waals surface area contributed by atoms with Crippen molar-refractivity contribution in [1.82, 2.24) is 19.5 Å². The summed E-state index contributed by atoms with van der Waals surface area (Å²) in [5, 5.41) is 7.74. The number of aryl methyl sites for hydroxylation is 3. The van der Waals surface area contributed by atoms with Crippen LogP contribution in [0.2, 0.25) is 0 Å². The molecule has 0 bridgehead atoms. The molecule has 1 amide bonds. The molecule has 2 heterocycles. The first-order chi connectivity index (χ1) is 14.2. The van der Waals surface area contributed by atoms with Gasteiger partial charge in [-0.1, -0.05) is 6.07 Å². The van der Waals surface area contributed by atoms with Gasteiger partial charge in [0.1, 0.15) is 0 Å². The Kier molecular flexibility index (Phi) is 5.20. The molecular formula is C20H23N5O4S. The van der Waals surface area contributed by atoms with E-state index in [1.165, 1.54) is 12.1 Å². The molecule has 2 N–H and O–H groups in total. The van der Waals surface area contributed by atoms with Gasteiger partial charge in [-0.2, -0.15) is 0 Å². The van der Waals surface area contributed by atoms with E-state index in [9.17, 15) is 13.2 Å². The number of hydrogen-bond acceptors (Lipinski definition) is 6. The van der Waals surface area contributed by atoms with Crippen molar-refractivity contribution >= 4 is 32.7 Å². The van der Waals surface area contributed by atoms with E-state index in [1.54, 1.807) is 23.9 Å². The van der Waals surface area contributed by atoms with Crippen molar-refractivity contribution in [2.24, 2.45) is 7.05 Å². The molecule has 1 fully saturated rings. The highest BCUT2D eigenvalue weighted by Gasteiger charge is 2.28. The summed E-state index contributed by atoms with van der Waals surface area (Å²) in [4.78, 5) is 16.9. The molecule has 1 aliphatic carbocycles. The SMILES string of the molecule is Cc1cc(C)c2c(OCC(=O)Nc3cccc(S(=O)(=O)NC4CC4)c3)nn(C)c2n1. The molecule has 1 aromatic carbocycles. The lowest BCUT2D eigenvalue weighted by atomic mass is 10.2. The van der Waals surface area contributed by atoms with Gasteiger partial charge in [0.2, 0.25) is 15.9 Å². The number of ether oxygens (including phenoxy) is 1. The summed E-state index contributed by atoms with van der Waals surface area (Å²) >= 11 is 0. The third kappa shape index (κ3) is 4.29. The monoisotopic (exact) mass is 429 g/mol. The molecule has 2 aromatic heterocycles. The fraction of sp³-hybridized carbons (Fsp3) is 0.350. The van der Waals surface area contributed by atoms with Crippen LogP contribution in [0.15, 0.2) is 35.2 Å². The minimum absolute atomic E-state index is 0.0107. The van der Waals surface area contributed by atoms with Crippen LogP contribution in [0.4, 0.5) is 5.69 Å². The van der Waals surface area contributed by atoms with Gasteiger partial charge >= 0.3 is 0 Å². The summed E-state index contributed by atoms with van der Waals surface area (Å²) in [5.41, 5.74) is 2.89. The van der Waals surface area contributed by atoms with Gasteiger partial charge in [-0.05, 0) is 56.5 Å². The summed E-state index contributed by atoms with van der Waals surface area (Å²) in [6.07, 6.45) is 1.70. The van der Waals surface area contributed by atoms with Crippen molar-refractivity contribution in [2.45, 2.75) is 37.6 Å². The Balaban J connectivity index is 1.45. The number of nitrogens with zero attached hydrogens (tertiary/aromatic N) is 3. The number of fused-ring (bicyclic) bond motifs is 1. The third-order valence-electron chi connectivity index (χ3n) is 4.75. The van der Waals surface area contributed by atoms with Gasteiger partial charge in [-0.3, -0.25) is 4.79 Å². The first-order valence-electron chi connectivity index (χ1n) is 9.59. The summed E-state index contributed by atoms with van der Waals surface area (Å²) in [7, 11) is -1.83. The number of anilines is 1. The van der Waals surface area contributed by atoms with E-state index in [1.807, 2.05) is 19.9 Å². The molecule has 3 aromatic rings. The zero-order valence-electron chi connectivity index (χ0n) is 17.0. The van der Waals surface area contributed by atoms with Crippen LogP contribution in [0.25, 0.3) is 11.0 Å². The first kappa shape index (κ1) is 20.3. The Morgan fingerprint density at radius 2 is 2.03 bits per heavy atom. The van der Waals surface area contributed by atoms with Crippen molar-refractivity contribution in [3.8, 4) is 5.88 Å². The van der Waals surface area contributed by atoms with Gasteiger partial charge in [-0.25, -0.2) is 22.8 Å². The topological polar surface area (TPSA) is 115 Å². The minimum atomic E-state index is -3.59. The molecule has 4 rings (SSSR count). The highest BCUT2D eigenvalue weighted by Crippen LogP contribution is 2.27. The summed E-state index contributed by atoms with van der Waals surface area (Å²) in [5.74, 6) is -0.0890. The number of aromatic nitrogens is 3. The van der Waals surface area contributed by atoms with Crippen molar-refractivity contribution in [1.29, 1.82) is 0 Å². The second-order valence-electron chi connectivity index (χ2n) is 7.47. The Morgan fingerprint density at radius 1 is 1.27 bits per heavy atom. The number of sulfonamides is 1. The van der Waals surface area contributed by atoms with Crippen molar-refractivity contribution in [2.75, 3.05) is 11.9 Å². The van der Waals surface area contributed by atoms with Crippen LogP contribution in [0, 0.1) is 13.8 Å². The number of nitrogens with one attached hydrogen (secondary N) is 2. The van der Waals surface area contributed by atoms with Crippen molar-refractivity contribution in [3.63, 3.8) is 0 Å². The van der Waals surface area contributed by atoms with Gasteiger partial charge in [0, 0.05) is 24.5 Å². The smallest absolute Gasteiger partial charge is 0.262 e. The maximum absolute atomic E-state index is 12.4. The molecule has 1 saturated carbocycles. The van der Waals surface area contributed by atoms with Crippen LogP contribution in [0.1, 0.15) is 24.1 Å². The molecule has 1 aliphatic rings. The third-order valence-corrected chi connectivity index (χ3v) is 6.27. The van der Waals surface area contributed by atoms with Crippen LogP contribution < -0.4 is 14.8 Å². The van der Waals surface area contributed by atoms with Gasteiger partial charge in [0.15, 0.2) is 12.3 Å². The standard InChI is InChI=1S/C20H23N5O4S/c1-12-9-13(2)21-19-18(12)20(23-25(19)3)29-11-17(26)22-15-5-4-6-16(10-15)30(27,28)24-14-7-8-14/h4-6,9-10,14,24H,7-8,11H2,1-3H3,(H,22,26).